The van der Waals surface area contributed by atoms with Gasteiger partial charge in [0.15, 0.2) is 0 Å². The third kappa shape index (κ3) is 5.55. The van der Waals surface area contributed by atoms with Crippen LogP contribution < -0.4 is 5.32 Å². The quantitative estimate of drug-likeness (QED) is 0.610. The number of ether oxygens (including phenoxy) is 2. The van der Waals surface area contributed by atoms with E-state index in [1.807, 2.05) is 23.1 Å². The first-order chi connectivity index (χ1) is 14.0. The summed E-state index contributed by atoms with van der Waals surface area (Å²) >= 11 is 0. The van der Waals surface area contributed by atoms with E-state index in [1.165, 1.54) is 12.8 Å². The molecule has 1 saturated heterocycles. The van der Waals surface area contributed by atoms with Gasteiger partial charge in [0, 0.05) is 44.3 Å². The molecular formula is C21H29N3O5. The Morgan fingerprint density at radius 1 is 1.41 bits per heavy atom. The molecular weight excluding hydrogens is 374 g/mol. The third-order valence-electron chi connectivity index (χ3n) is 5.35. The minimum atomic E-state index is -0.852. The molecule has 1 spiro atoms. The van der Waals surface area contributed by atoms with Crippen LogP contribution in [0, 0.1) is 0 Å². The number of likely N-dealkylation sites (tertiary alicyclic amines) is 1. The molecule has 158 valence electrons. The summed E-state index contributed by atoms with van der Waals surface area (Å²) in [4.78, 5) is 29.3. The lowest BCUT2D eigenvalue weighted by Crippen LogP contribution is -2.49. The van der Waals surface area contributed by atoms with Gasteiger partial charge in [-0.15, -0.1) is 0 Å². The van der Waals surface area contributed by atoms with Crippen molar-refractivity contribution in [3.63, 3.8) is 0 Å². The van der Waals surface area contributed by atoms with Crippen LogP contribution in [0.25, 0.3) is 6.08 Å². The number of hydrogen-bond donors (Lipinski definition) is 2. The lowest BCUT2D eigenvalue weighted by atomic mass is 9.83. The highest BCUT2D eigenvalue weighted by molar-refractivity contribution is 5.87. The molecule has 1 aromatic heterocycles. The fourth-order valence-electron chi connectivity index (χ4n) is 3.80. The fourth-order valence-corrected chi connectivity index (χ4v) is 3.80. The second kappa shape index (κ2) is 9.84. The lowest BCUT2D eigenvalue weighted by Gasteiger charge is -2.43. The zero-order valence-electron chi connectivity index (χ0n) is 16.9. The Bertz CT molecular complexity index is 757. The number of aliphatic carboxylic acids is 1. The molecule has 2 aliphatic heterocycles. The van der Waals surface area contributed by atoms with Gasteiger partial charge in [-0.3, -0.25) is 15.0 Å². The molecule has 0 radical (unpaired) electrons. The number of piperidine rings is 1. The predicted molar refractivity (Wildman–Crippen MR) is 109 cm³/mol. The van der Waals surface area contributed by atoms with Crippen LogP contribution in [0.15, 0.2) is 18.3 Å². The van der Waals surface area contributed by atoms with Gasteiger partial charge in [0.1, 0.15) is 11.4 Å². The number of anilines is 1. The number of pyridine rings is 1. The molecule has 0 unspecified atom stereocenters. The highest BCUT2D eigenvalue weighted by Crippen LogP contribution is 2.43. The van der Waals surface area contributed by atoms with E-state index < -0.39 is 17.7 Å². The van der Waals surface area contributed by atoms with Gasteiger partial charge in [0.25, 0.3) is 0 Å². The number of fused-ring (bicyclic) bond motifs is 2. The van der Waals surface area contributed by atoms with Gasteiger partial charge in [-0.1, -0.05) is 31.9 Å². The first kappa shape index (κ1) is 21.3. The van der Waals surface area contributed by atoms with E-state index in [1.54, 1.807) is 6.20 Å². The Balaban J connectivity index is 1.68. The highest BCUT2D eigenvalue weighted by Gasteiger charge is 2.45. The van der Waals surface area contributed by atoms with Crippen molar-refractivity contribution in [2.45, 2.75) is 44.6 Å². The van der Waals surface area contributed by atoms with Gasteiger partial charge < -0.3 is 14.6 Å². The second-order valence-corrected chi connectivity index (χ2v) is 7.53. The van der Waals surface area contributed by atoms with E-state index in [4.69, 9.17) is 14.6 Å². The lowest BCUT2D eigenvalue weighted by molar-refractivity contribution is -0.139. The standard InChI is InChI=1S/C21H29N3O5/c1-2-3-4-11-28-12-5-6-16-13-17-19(22-14-16)23-20(27)29-21(17)7-9-24(10-8-21)15-18(25)26/h5-6,13-14H,2-4,7-12,15H2,1H3,(H,25,26)(H,22,23,27)/b6-5+. The van der Waals surface area contributed by atoms with Crippen LogP contribution in [0.5, 0.6) is 0 Å². The molecule has 0 saturated carbocycles. The van der Waals surface area contributed by atoms with Gasteiger partial charge in [0.05, 0.1) is 13.2 Å². The number of rotatable bonds is 9. The molecule has 29 heavy (non-hydrogen) atoms. The van der Waals surface area contributed by atoms with Crippen molar-refractivity contribution in [2.75, 3.05) is 38.2 Å². The summed E-state index contributed by atoms with van der Waals surface area (Å²) in [7, 11) is 0. The molecule has 3 heterocycles. The van der Waals surface area contributed by atoms with Gasteiger partial charge >= 0.3 is 12.1 Å². The Kier molecular flexibility index (Phi) is 7.22. The number of unbranched alkanes of at least 4 members (excludes halogenated alkanes) is 2. The van der Waals surface area contributed by atoms with Crippen molar-refractivity contribution in [3.8, 4) is 0 Å². The largest absolute Gasteiger partial charge is 0.480 e. The van der Waals surface area contributed by atoms with Crippen LogP contribution in [-0.2, 0) is 19.9 Å². The number of amides is 1. The Morgan fingerprint density at radius 3 is 2.93 bits per heavy atom. The number of carboxylic acid groups (broad SMARTS) is 1. The molecule has 1 amide bonds. The summed E-state index contributed by atoms with van der Waals surface area (Å²) in [6, 6.07) is 1.99. The Labute approximate surface area is 170 Å². The molecule has 0 bridgehead atoms. The zero-order chi connectivity index (χ0) is 20.7. The first-order valence-electron chi connectivity index (χ1n) is 10.2. The van der Waals surface area contributed by atoms with Crippen molar-refractivity contribution < 1.29 is 24.2 Å². The molecule has 8 nitrogen and oxygen atoms in total. The number of nitrogens with zero attached hydrogens (tertiary/aromatic N) is 2. The van der Waals surface area contributed by atoms with E-state index in [0.29, 0.717) is 38.4 Å². The van der Waals surface area contributed by atoms with Crippen LogP contribution in [0.4, 0.5) is 10.6 Å². The highest BCUT2D eigenvalue weighted by atomic mass is 16.6. The van der Waals surface area contributed by atoms with E-state index in [9.17, 15) is 9.59 Å². The SMILES string of the molecule is CCCCCOC/C=C/c1cnc2c(c1)C1(CCN(CC(=O)O)CC1)OC(=O)N2. The molecule has 3 rings (SSSR count). The average Bonchev–Trinajstić information content (AvgIpc) is 2.69. The fraction of sp³-hybridized carbons (Fsp3) is 0.571. The minimum absolute atomic E-state index is 0.00554. The molecule has 0 aromatic carbocycles. The molecule has 8 heteroatoms. The van der Waals surface area contributed by atoms with Gasteiger partial charge in [-0.2, -0.15) is 0 Å². The number of carbonyl (C=O) groups excluding carboxylic acids is 1. The molecule has 1 aromatic rings. The van der Waals surface area contributed by atoms with Crippen LogP contribution in [0.2, 0.25) is 0 Å². The van der Waals surface area contributed by atoms with Crippen LogP contribution >= 0.6 is 0 Å². The number of nitrogens with one attached hydrogen (secondary N) is 1. The molecule has 2 N–H and O–H groups in total. The zero-order valence-corrected chi connectivity index (χ0v) is 16.9. The van der Waals surface area contributed by atoms with Gasteiger partial charge in [0.2, 0.25) is 0 Å². The summed E-state index contributed by atoms with van der Waals surface area (Å²) in [5, 5.41) is 11.7. The first-order valence-corrected chi connectivity index (χ1v) is 10.2. The van der Waals surface area contributed by atoms with Gasteiger partial charge in [-0.05, 0) is 18.1 Å². The Hall–Kier alpha value is -2.45. The Morgan fingerprint density at radius 2 is 2.21 bits per heavy atom. The molecule has 1 fully saturated rings. The topological polar surface area (TPSA) is 101 Å². The minimum Gasteiger partial charge on any atom is -0.480 e. The van der Waals surface area contributed by atoms with E-state index in [2.05, 4.69) is 17.2 Å². The van der Waals surface area contributed by atoms with E-state index >= 15 is 0 Å². The number of carboxylic acids is 1. The maximum absolute atomic E-state index is 12.1. The normalized spacial score (nSPS) is 18.4. The summed E-state index contributed by atoms with van der Waals surface area (Å²) in [6.07, 6.45) is 9.61. The van der Waals surface area contributed by atoms with Gasteiger partial charge in [-0.25, -0.2) is 9.78 Å². The molecule has 2 aliphatic rings. The maximum atomic E-state index is 12.1. The average molecular weight is 403 g/mol. The molecule has 0 aliphatic carbocycles. The number of aromatic nitrogens is 1. The number of hydrogen-bond acceptors (Lipinski definition) is 6. The van der Waals surface area contributed by atoms with E-state index in [0.717, 1.165) is 24.2 Å². The summed E-state index contributed by atoms with van der Waals surface area (Å²) in [5.41, 5.74) is 0.992. The number of carbonyl (C=O) groups is 2. The second-order valence-electron chi connectivity index (χ2n) is 7.53. The third-order valence-corrected chi connectivity index (χ3v) is 5.35. The molecule has 0 atom stereocenters. The van der Waals surface area contributed by atoms with Crippen LogP contribution in [-0.4, -0.2) is 59.9 Å². The van der Waals surface area contributed by atoms with Crippen molar-refractivity contribution in [1.82, 2.24) is 9.88 Å². The summed E-state index contributed by atoms with van der Waals surface area (Å²) in [6.45, 7) is 4.56. The van der Waals surface area contributed by atoms with Crippen molar-refractivity contribution in [2.24, 2.45) is 0 Å². The summed E-state index contributed by atoms with van der Waals surface area (Å²) in [5.74, 6) is -0.337. The van der Waals surface area contributed by atoms with Crippen molar-refractivity contribution >= 4 is 24.0 Å². The van der Waals surface area contributed by atoms with Crippen LogP contribution in [0.1, 0.15) is 50.2 Å². The van der Waals surface area contributed by atoms with Crippen molar-refractivity contribution in [3.05, 3.63) is 29.5 Å². The van der Waals surface area contributed by atoms with Crippen molar-refractivity contribution in [1.29, 1.82) is 0 Å². The summed E-state index contributed by atoms with van der Waals surface area (Å²) < 4.78 is 11.3. The van der Waals surface area contributed by atoms with E-state index in [-0.39, 0.29) is 6.54 Å². The predicted octanol–water partition coefficient (Wildman–Crippen LogP) is 3.24. The maximum Gasteiger partial charge on any atom is 0.413 e. The van der Waals surface area contributed by atoms with Crippen LogP contribution in [0.3, 0.4) is 0 Å². The monoisotopic (exact) mass is 403 g/mol. The smallest absolute Gasteiger partial charge is 0.413 e.